The summed E-state index contributed by atoms with van der Waals surface area (Å²) in [5.41, 5.74) is 3.00. The van der Waals surface area contributed by atoms with Crippen molar-refractivity contribution < 1.29 is 29.0 Å². The second kappa shape index (κ2) is 9.62. The SMILES string of the molecule is O=C=Nc1ccc(Cc2ccc(NC(=O)OC(=O)C3CCCC3C(=O)O)cc2)cc1. The Balaban J connectivity index is 1.53. The van der Waals surface area contributed by atoms with Crippen LogP contribution in [0, 0.1) is 11.8 Å². The van der Waals surface area contributed by atoms with Crippen LogP contribution in [0.2, 0.25) is 0 Å². The zero-order chi connectivity index (χ0) is 21.5. The van der Waals surface area contributed by atoms with Crippen LogP contribution in [0.4, 0.5) is 16.2 Å². The highest BCUT2D eigenvalue weighted by molar-refractivity contribution is 5.95. The average Bonchev–Trinajstić information content (AvgIpc) is 3.22. The minimum atomic E-state index is -1.04. The highest BCUT2D eigenvalue weighted by Gasteiger charge is 2.39. The van der Waals surface area contributed by atoms with Gasteiger partial charge in [-0.15, -0.1) is 0 Å². The van der Waals surface area contributed by atoms with Crippen LogP contribution in [0.3, 0.4) is 0 Å². The van der Waals surface area contributed by atoms with Crippen molar-refractivity contribution in [3.8, 4) is 0 Å². The summed E-state index contributed by atoms with van der Waals surface area (Å²) in [6.45, 7) is 0. The van der Waals surface area contributed by atoms with Crippen LogP contribution < -0.4 is 5.32 Å². The van der Waals surface area contributed by atoms with Crippen molar-refractivity contribution in [1.29, 1.82) is 0 Å². The van der Waals surface area contributed by atoms with Gasteiger partial charge in [-0.25, -0.2) is 9.59 Å². The van der Waals surface area contributed by atoms with Crippen molar-refractivity contribution in [3.05, 3.63) is 59.7 Å². The van der Waals surface area contributed by atoms with Gasteiger partial charge in [0.05, 0.1) is 17.5 Å². The summed E-state index contributed by atoms with van der Waals surface area (Å²) in [5.74, 6) is -3.45. The first-order chi connectivity index (χ1) is 14.5. The normalized spacial score (nSPS) is 17.6. The van der Waals surface area contributed by atoms with E-state index in [4.69, 9.17) is 9.84 Å². The zero-order valence-electron chi connectivity index (χ0n) is 16.0. The van der Waals surface area contributed by atoms with Gasteiger partial charge >= 0.3 is 18.0 Å². The Labute approximate surface area is 172 Å². The molecule has 0 spiro atoms. The summed E-state index contributed by atoms with van der Waals surface area (Å²) in [5, 5.41) is 11.6. The predicted octanol–water partition coefficient (Wildman–Crippen LogP) is 3.82. The van der Waals surface area contributed by atoms with Crippen molar-refractivity contribution in [2.24, 2.45) is 16.8 Å². The fourth-order valence-corrected chi connectivity index (χ4v) is 3.53. The Morgan fingerprint density at radius 1 is 1.00 bits per heavy atom. The smallest absolute Gasteiger partial charge is 0.419 e. The highest BCUT2D eigenvalue weighted by Crippen LogP contribution is 2.33. The number of benzene rings is 2. The van der Waals surface area contributed by atoms with E-state index in [-0.39, 0.29) is 0 Å². The summed E-state index contributed by atoms with van der Waals surface area (Å²) in [6, 6.07) is 14.2. The van der Waals surface area contributed by atoms with Crippen LogP contribution in [-0.2, 0) is 25.5 Å². The number of hydrogen-bond donors (Lipinski definition) is 2. The lowest BCUT2D eigenvalue weighted by molar-refractivity contribution is -0.152. The molecule has 0 aromatic heterocycles. The number of anilines is 1. The number of amides is 1. The average molecular weight is 408 g/mol. The van der Waals surface area contributed by atoms with Gasteiger partial charge < -0.3 is 9.84 Å². The van der Waals surface area contributed by atoms with Gasteiger partial charge in [0.2, 0.25) is 6.08 Å². The minimum Gasteiger partial charge on any atom is -0.481 e. The molecule has 2 unspecified atom stereocenters. The van der Waals surface area contributed by atoms with E-state index in [0.29, 0.717) is 37.1 Å². The zero-order valence-corrected chi connectivity index (χ0v) is 16.0. The standard InChI is InChI=1S/C22H20N2O6/c25-13-23-16-8-4-14(5-9-16)12-15-6-10-17(11-7-15)24-22(29)30-21(28)19-3-1-2-18(19)20(26)27/h4-11,18-19H,1-3,12H2,(H,24,29)(H,26,27). The number of carboxylic acids is 1. The van der Waals surface area contributed by atoms with E-state index in [1.165, 1.54) is 6.08 Å². The monoisotopic (exact) mass is 408 g/mol. The maximum atomic E-state index is 12.1. The molecule has 1 saturated carbocycles. The van der Waals surface area contributed by atoms with Crippen LogP contribution in [0.1, 0.15) is 30.4 Å². The highest BCUT2D eigenvalue weighted by atomic mass is 16.6. The Morgan fingerprint density at radius 3 is 2.20 bits per heavy atom. The van der Waals surface area contributed by atoms with Crippen LogP contribution in [0.25, 0.3) is 0 Å². The molecule has 30 heavy (non-hydrogen) atoms. The molecule has 1 aliphatic carbocycles. The molecule has 0 aliphatic heterocycles. The number of carbonyl (C=O) groups excluding carboxylic acids is 3. The second-order valence-electron chi connectivity index (χ2n) is 7.06. The Bertz CT molecular complexity index is 978. The van der Waals surface area contributed by atoms with Gasteiger partial charge in [0.15, 0.2) is 0 Å². The van der Waals surface area contributed by atoms with Gasteiger partial charge in [0.25, 0.3) is 0 Å². The molecule has 2 atom stereocenters. The number of rotatable bonds is 6. The number of aliphatic carboxylic acids is 1. The molecule has 8 nitrogen and oxygen atoms in total. The van der Waals surface area contributed by atoms with Crippen LogP contribution in [0.5, 0.6) is 0 Å². The molecule has 0 radical (unpaired) electrons. The first-order valence-corrected chi connectivity index (χ1v) is 9.47. The maximum absolute atomic E-state index is 12.1. The van der Waals surface area contributed by atoms with Crippen molar-refractivity contribution in [2.45, 2.75) is 25.7 Å². The summed E-state index contributed by atoms with van der Waals surface area (Å²) in [7, 11) is 0. The van der Waals surface area contributed by atoms with Crippen LogP contribution in [0.15, 0.2) is 53.5 Å². The van der Waals surface area contributed by atoms with Gasteiger partial charge in [-0.05, 0) is 54.7 Å². The molecule has 0 heterocycles. The fraction of sp³-hybridized carbons (Fsp3) is 0.273. The molecule has 8 heteroatoms. The van der Waals surface area contributed by atoms with E-state index < -0.39 is 29.9 Å². The lowest BCUT2D eigenvalue weighted by Gasteiger charge is -2.14. The molecule has 3 rings (SSSR count). The topological polar surface area (TPSA) is 122 Å². The molecule has 0 bridgehead atoms. The van der Waals surface area contributed by atoms with E-state index >= 15 is 0 Å². The lowest BCUT2D eigenvalue weighted by Crippen LogP contribution is -2.30. The fourth-order valence-electron chi connectivity index (χ4n) is 3.53. The third kappa shape index (κ3) is 5.40. The molecule has 2 aromatic carbocycles. The number of carboxylic acid groups (broad SMARTS) is 1. The summed E-state index contributed by atoms with van der Waals surface area (Å²) >= 11 is 0. The number of nitrogens with one attached hydrogen (secondary N) is 1. The Morgan fingerprint density at radius 2 is 1.60 bits per heavy atom. The van der Waals surface area contributed by atoms with Gasteiger partial charge in [0, 0.05) is 5.69 Å². The number of aliphatic imine (C=N–C) groups is 1. The predicted molar refractivity (Wildman–Crippen MR) is 107 cm³/mol. The van der Waals surface area contributed by atoms with Gasteiger partial charge in [-0.3, -0.25) is 14.9 Å². The largest absolute Gasteiger partial charge is 0.481 e. The lowest BCUT2D eigenvalue weighted by atomic mass is 9.96. The second-order valence-corrected chi connectivity index (χ2v) is 7.06. The summed E-state index contributed by atoms with van der Waals surface area (Å²) in [6.07, 6.45) is 2.63. The molecule has 154 valence electrons. The number of nitrogens with zero attached hydrogens (tertiary/aromatic N) is 1. The van der Waals surface area contributed by atoms with E-state index in [2.05, 4.69) is 10.3 Å². The van der Waals surface area contributed by atoms with Crippen LogP contribution >= 0.6 is 0 Å². The van der Waals surface area contributed by atoms with Gasteiger partial charge in [-0.2, -0.15) is 4.99 Å². The van der Waals surface area contributed by atoms with Crippen LogP contribution in [-0.4, -0.2) is 29.2 Å². The molecule has 0 saturated heterocycles. The molecule has 2 N–H and O–H groups in total. The number of hydrogen-bond acceptors (Lipinski definition) is 6. The first-order valence-electron chi connectivity index (χ1n) is 9.47. The van der Waals surface area contributed by atoms with E-state index in [9.17, 15) is 19.2 Å². The number of esters is 1. The maximum Gasteiger partial charge on any atom is 0.419 e. The first kappa shape index (κ1) is 21.0. The molecule has 1 amide bonds. The van der Waals surface area contributed by atoms with E-state index in [1.54, 1.807) is 24.3 Å². The van der Waals surface area contributed by atoms with Crippen molar-refractivity contribution >= 4 is 35.5 Å². The van der Waals surface area contributed by atoms with Gasteiger partial charge in [-0.1, -0.05) is 30.7 Å². The van der Waals surface area contributed by atoms with E-state index in [1.807, 2.05) is 24.3 Å². The third-order valence-corrected chi connectivity index (χ3v) is 5.05. The minimum absolute atomic E-state index is 0.403. The number of isocyanates is 1. The molecule has 2 aromatic rings. The molecular weight excluding hydrogens is 388 g/mol. The Hall–Kier alpha value is -3.77. The van der Waals surface area contributed by atoms with E-state index in [0.717, 1.165) is 11.1 Å². The summed E-state index contributed by atoms with van der Waals surface area (Å²) in [4.78, 5) is 49.1. The molecular formula is C22H20N2O6. The van der Waals surface area contributed by atoms with Crippen molar-refractivity contribution in [1.82, 2.24) is 0 Å². The van der Waals surface area contributed by atoms with Crippen molar-refractivity contribution in [3.63, 3.8) is 0 Å². The molecule has 1 aliphatic rings. The Kier molecular flexibility index (Phi) is 6.72. The summed E-state index contributed by atoms with van der Waals surface area (Å²) < 4.78 is 4.79. The van der Waals surface area contributed by atoms with Crippen molar-refractivity contribution in [2.75, 3.05) is 5.32 Å². The molecule has 1 fully saturated rings. The number of carbonyl (C=O) groups is 3. The third-order valence-electron chi connectivity index (χ3n) is 5.05. The van der Waals surface area contributed by atoms with Gasteiger partial charge in [0.1, 0.15) is 0 Å². The quantitative estimate of drug-likeness (QED) is 0.324. The number of ether oxygens (including phenoxy) is 1.